The Labute approximate surface area is 138 Å². The Kier molecular flexibility index (Phi) is 5.38. The zero-order valence-corrected chi connectivity index (χ0v) is 13.1. The van der Waals surface area contributed by atoms with E-state index in [9.17, 15) is 19.4 Å². The molecule has 0 saturated heterocycles. The number of nitrogens with one attached hydrogen (secondary N) is 1. The van der Waals surface area contributed by atoms with E-state index in [1.54, 1.807) is 13.0 Å². The van der Waals surface area contributed by atoms with E-state index in [4.69, 9.17) is 10.6 Å². The summed E-state index contributed by atoms with van der Waals surface area (Å²) in [5, 5.41) is 18.9. The van der Waals surface area contributed by atoms with Crippen molar-refractivity contribution in [2.45, 2.75) is 25.5 Å². The minimum atomic E-state index is -1.23. The topological polar surface area (TPSA) is 105 Å². The fourth-order valence-corrected chi connectivity index (χ4v) is 2.16. The van der Waals surface area contributed by atoms with Crippen molar-refractivity contribution in [1.82, 2.24) is 5.43 Å². The van der Waals surface area contributed by atoms with Gasteiger partial charge in [-0.1, -0.05) is 18.2 Å². The molecular formula is C17H19FN2O4. The van der Waals surface area contributed by atoms with Gasteiger partial charge in [-0.2, -0.15) is 0 Å². The van der Waals surface area contributed by atoms with Gasteiger partial charge in [-0.05, 0) is 42.3 Å². The predicted molar refractivity (Wildman–Crippen MR) is 85.4 cm³/mol. The van der Waals surface area contributed by atoms with Gasteiger partial charge in [0.25, 0.3) is 0 Å². The number of hydrogen-bond acceptors (Lipinski definition) is 6. The molecule has 2 aromatic carbocycles. The number of phenols is 2. The molecule has 0 aliphatic carbocycles. The molecule has 0 bridgehead atoms. The lowest BCUT2D eigenvalue weighted by Gasteiger charge is -2.26. The molecule has 24 heavy (non-hydrogen) atoms. The molecule has 0 aromatic heterocycles. The largest absolute Gasteiger partial charge is 0.504 e. The van der Waals surface area contributed by atoms with Crippen molar-refractivity contribution in [3.63, 3.8) is 0 Å². The van der Waals surface area contributed by atoms with Crippen LogP contribution in [-0.4, -0.2) is 21.7 Å². The maximum absolute atomic E-state index is 12.9. The van der Waals surface area contributed by atoms with Gasteiger partial charge in [-0.15, -0.1) is 0 Å². The minimum absolute atomic E-state index is 0.0167. The van der Waals surface area contributed by atoms with Crippen LogP contribution in [0.2, 0.25) is 0 Å². The van der Waals surface area contributed by atoms with Crippen LogP contribution in [0.5, 0.6) is 11.5 Å². The molecule has 0 aliphatic heterocycles. The molecule has 2 aromatic rings. The van der Waals surface area contributed by atoms with Gasteiger partial charge in [0, 0.05) is 6.42 Å². The smallest absolute Gasteiger partial charge is 0.328 e. The van der Waals surface area contributed by atoms with Crippen LogP contribution in [0.25, 0.3) is 0 Å². The van der Waals surface area contributed by atoms with Crippen LogP contribution >= 0.6 is 0 Å². The predicted octanol–water partition coefficient (Wildman–Crippen LogP) is 1.74. The molecule has 0 saturated carbocycles. The Morgan fingerprint density at radius 2 is 1.79 bits per heavy atom. The van der Waals surface area contributed by atoms with Crippen molar-refractivity contribution in [3.8, 4) is 11.5 Å². The number of benzene rings is 2. The average Bonchev–Trinajstić information content (AvgIpc) is 2.57. The maximum Gasteiger partial charge on any atom is 0.328 e. The van der Waals surface area contributed by atoms with E-state index in [1.807, 2.05) is 0 Å². The third-order valence-electron chi connectivity index (χ3n) is 3.65. The van der Waals surface area contributed by atoms with Crippen molar-refractivity contribution in [1.29, 1.82) is 0 Å². The summed E-state index contributed by atoms with van der Waals surface area (Å²) in [6, 6.07) is 9.84. The van der Waals surface area contributed by atoms with E-state index in [-0.39, 0.29) is 30.3 Å². The fraction of sp³-hybridized carbons (Fsp3) is 0.235. The summed E-state index contributed by atoms with van der Waals surface area (Å²) in [4.78, 5) is 12.3. The van der Waals surface area contributed by atoms with Crippen LogP contribution in [-0.2, 0) is 22.6 Å². The first-order valence-corrected chi connectivity index (χ1v) is 7.24. The highest BCUT2D eigenvalue weighted by Crippen LogP contribution is 2.27. The molecule has 0 radical (unpaired) electrons. The molecular weight excluding hydrogens is 315 g/mol. The number of nitrogens with two attached hydrogens (primary N) is 1. The van der Waals surface area contributed by atoms with E-state index in [2.05, 4.69) is 5.43 Å². The molecule has 0 unspecified atom stereocenters. The molecule has 6 nitrogen and oxygen atoms in total. The van der Waals surface area contributed by atoms with Gasteiger partial charge in [-0.25, -0.2) is 14.6 Å². The van der Waals surface area contributed by atoms with Crippen LogP contribution in [0.15, 0.2) is 42.5 Å². The molecule has 0 amide bonds. The maximum atomic E-state index is 12.9. The van der Waals surface area contributed by atoms with E-state index < -0.39 is 11.5 Å². The quantitative estimate of drug-likeness (QED) is 0.278. The molecule has 0 aliphatic rings. The Bertz CT molecular complexity index is 721. The van der Waals surface area contributed by atoms with Crippen molar-refractivity contribution >= 4 is 5.97 Å². The summed E-state index contributed by atoms with van der Waals surface area (Å²) in [5.74, 6) is 4.00. The monoisotopic (exact) mass is 334 g/mol. The van der Waals surface area contributed by atoms with Gasteiger partial charge < -0.3 is 14.9 Å². The number of hydrazine groups is 1. The molecule has 0 heterocycles. The van der Waals surface area contributed by atoms with Crippen LogP contribution in [0.3, 0.4) is 0 Å². The first kappa shape index (κ1) is 17.7. The molecule has 128 valence electrons. The summed E-state index contributed by atoms with van der Waals surface area (Å²) >= 11 is 0. The first-order valence-electron chi connectivity index (χ1n) is 7.24. The van der Waals surface area contributed by atoms with Crippen molar-refractivity contribution in [2.24, 2.45) is 5.84 Å². The normalized spacial score (nSPS) is 13.3. The van der Waals surface area contributed by atoms with Crippen molar-refractivity contribution in [3.05, 3.63) is 59.4 Å². The first-order chi connectivity index (χ1) is 11.3. The number of halogens is 1. The third kappa shape index (κ3) is 4.21. The van der Waals surface area contributed by atoms with Crippen LogP contribution in [0.1, 0.15) is 18.1 Å². The molecule has 5 N–H and O–H groups in total. The van der Waals surface area contributed by atoms with Crippen molar-refractivity contribution < 1.29 is 24.1 Å². The van der Waals surface area contributed by atoms with Crippen molar-refractivity contribution in [2.75, 3.05) is 0 Å². The van der Waals surface area contributed by atoms with Crippen LogP contribution in [0.4, 0.5) is 4.39 Å². The molecule has 2 rings (SSSR count). The lowest BCUT2D eigenvalue weighted by Crippen LogP contribution is -2.55. The number of hydrogen-bond donors (Lipinski definition) is 4. The van der Waals surface area contributed by atoms with E-state index >= 15 is 0 Å². The highest BCUT2D eigenvalue weighted by Gasteiger charge is 2.34. The SMILES string of the molecule is C[C@@](Cc1ccc(O)c(O)c1)(NN)C(=O)OCc1ccc(F)cc1. The molecule has 0 fully saturated rings. The lowest BCUT2D eigenvalue weighted by molar-refractivity contribution is -0.152. The minimum Gasteiger partial charge on any atom is -0.504 e. The number of carbonyl (C=O) groups is 1. The van der Waals surface area contributed by atoms with Gasteiger partial charge in [0.2, 0.25) is 0 Å². The number of rotatable bonds is 6. The summed E-state index contributed by atoms with van der Waals surface area (Å²) < 4.78 is 18.1. The second kappa shape index (κ2) is 7.29. The second-order valence-electron chi connectivity index (χ2n) is 5.68. The van der Waals surface area contributed by atoms with Crippen LogP contribution in [0, 0.1) is 5.82 Å². The highest BCUT2D eigenvalue weighted by atomic mass is 19.1. The van der Waals surface area contributed by atoms with E-state index in [0.717, 1.165) is 0 Å². The average molecular weight is 334 g/mol. The fourth-order valence-electron chi connectivity index (χ4n) is 2.16. The number of phenolic OH excluding ortho intramolecular Hbond substituents is 2. The Balaban J connectivity index is 2.05. The highest BCUT2D eigenvalue weighted by molar-refractivity contribution is 5.80. The molecule has 0 spiro atoms. The summed E-state index contributed by atoms with van der Waals surface area (Å²) in [7, 11) is 0. The third-order valence-corrected chi connectivity index (χ3v) is 3.65. The van der Waals surface area contributed by atoms with E-state index in [0.29, 0.717) is 11.1 Å². The van der Waals surface area contributed by atoms with Gasteiger partial charge in [0.05, 0.1) is 0 Å². The Morgan fingerprint density at radius 1 is 1.17 bits per heavy atom. The summed E-state index contributed by atoms with van der Waals surface area (Å²) in [6.07, 6.45) is 0.138. The van der Waals surface area contributed by atoms with E-state index in [1.165, 1.54) is 36.4 Å². The molecule has 1 atom stereocenters. The second-order valence-corrected chi connectivity index (χ2v) is 5.68. The zero-order valence-electron chi connectivity index (χ0n) is 13.1. The summed E-state index contributed by atoms with van der Waals surface area (Å²) in [6.45, 7) is 1.54. The lowest BCUT2D eigenvalue weighted by atomic mass is 9.93. The Hall–Kier alpha value is -2.64. The van der Waals surface area contributed by atoms with Gasteiger partial charge >= 0.3 is 5.97 Å². The number of ether oxygens (including phenoxy) is 1. The zero-order chi connectivity index (χ0) is 17.7. The van der Waals surface area contributed by atoms with Gasteiger partial charge in [0.1, 0.15) is 18.0 Å². The van der Waals surface area contributed by atoms with Crippen LogP contribution < -0.4 is 11.3 Å². The number of aromatic hydroxyl groups is 2. The molecule has 7 heteroatoms. The van der Waals surface area contributed by atoms with Gasteiger partial charge in [-0.3, -0.25) is 5.84 Å². The summed E-state index contributed by atoms with van der Waals surface area (Å²) in [5.41, 5.74) is 2.43. The standard InChI is InChI=1S/C17H19FN2O4/c1-17(20-19,9-12-4-7-14(21)15(22)8-12)16(23)24-10-11-2-5-13(18)6-3-11/h2-8,20-22H,9-10,19H2,1H3/t17-/m0/s1. The van der Waals surface area contributed by atoms with Gasteiger partial charge in [0.15, 0.2) is 11.5 Å². The Morgan fingerprint density at radius 3 is 2.38 bits per heavy atom. The number of carbonyl (C=O) groups excluding carboxylic acids is 1. The number of esters is 1.